The van der Waals surface area contributed by atoms with Crippen molar-refractivity contribution in [2.45, 2.75) is 12.8 Å². The van der Waals surface area contributed by atoms with Crippen LogP contribution in [0, 0.1) is 5.41 Å². The molecule has 2 fully saturated rings. The first-order valence-corrected chi connectivity index (χ1v) is 10.1. The van der Waals surface area contributed by atoms with Gasteiger partial charge in [-0.2, -0.15) is 4.98 Å². The first kappa shape index (κ1) is 17.8. The van der Waals surface area contributed by atoms with Gasteiger partial charge >= 0.3 is 6.01 Å². The van der Waals surface area contributed by atoms with Crippen LogP contribution in [-0.4, -0.2) is 41.3 Å². The Morgan fingerprint density at radius 2 is 1.68 bits per heavy atom. The van der Waals surface area contributed by atoms with Gasteiger partial charge in [0.15, 0.2) is 0 Å². The highest BCUT2D eigenvalue weighted by Gasteiger charge is 2.46. The summed E-state index contributed by atoms with van der Waals surface area (Å²) >= 11 is 12.2. The summed E-state index contributed by atoms with van der Waals surface area (Å²) in [4.78, 5) is 13.3. The van der Waals surface area contributed by atoms with E-state index in [1.807, 2.05) is 12.4 Å². The second-order valence-electron chi connectivity index (χ2n) is 7.65. The van der Waals surface area contributed by atoms with Gasteiger partial charge in [0, 0.05) is 65.3 Å². The van der Waals surface area contributed by atoms with E-state index in [2.05, 4.69) is 37.1 Å². The Labute approximate surface area is 173 Å². The molecule has 0 N–H and O–H groups in total. The highest BCUT2D eigenvalue weighted by Crippen LogP contribution is 2.42. The Kier molecular flexibility index (Phi) is 4.40. The molecule has 0 aliphatic carbocycles. The predicted octanol–water partition coefficient (Wildman–Crippen LogP) is 4.55. The smallest absolute Gasteiger partial charge is 0.324 e. The highest BCUT2D eigenvalue weighted by atomic mass is 35.5. The molecule has 6 nitrogen and oxygen atoms in total. The van der Waals surface area contributed by atoms with Crippen molar-refractivity contribution in [1.82, 2.24) is 15.1 Å². The monoisotopic (exact) mass is 415 g/mol. The van der Waals surface area contributed by atoms with Crippen LogP contribution in [0.15, 0.2) is 47.2 Å². The fourth-order valence-corrected chi connectivity index (χ4v) is 4.80. The molecule has 1 spiro atoms. The molecule has 3 aromatic rings. The number of nitrogens with zero attached hydrogens (tertiary/aromatic N) is 5. The number of halogens is 2. The number of benzene rings is 1. The molecule has 0 saturated carbocycles. The van der Waals surface area contributed by atoms with E-state index in [9.17, 15) is 0 Å². The third kappa shape index (κ3) is 3.31. The van der Waals surface area contributed by atoms with Gasteiger partial charge in [-0.1, -0.05) is 28.4 Å². The Morgan fingerprint density at radius 1 is 0.964 bits per heavy atom. The lowest BCUT2D eigenvalue weighted by Gasteiger charge is -2.55. The van der Waals surface area contributed by atoms with E-state index >= 15 is 0 Å². The number of hydrogen-bond donors (Lipinski definition) is 0. The van der Waals surface area contributed by atoms with Crippen LogP contribution in [0.25, 0.3) is 11.4 Å². The Hall–Kier alpha value is -2.31. The van der Waals surface area contributed by atoms with Crippen molar-refractivity contribution in [2.24, 2.45) is 5.41 Å². The maximum absolute atomic E-state index is 6.09. The van der Waals surface area contributed by atoms with Gasteiger partial charge in [-0.15, -0.1) is 0 Å². The molecule has 144 valence electrons. The molecular weight excluding hydrogens is 397 g/mol. The quantitative estimate of drug-likeness (QED) is 0.625. The normalized spacial score (nSPS) is 18.4. The van der Waals surface area contributed by atoms with Crippen molar-refractivity contribution >= 4 is 34.9 Å². The maximum Gasteiger partial charge on any atom is 0.324 e. The molecule has 0 amide bonds. The van der Waals surface area contributed by atoms with Crippen molar-refractivity contribution in [3.63, 3.8) is 0 Å². The summed E-state index contributed by atoms with van der Waals surface area (Å²) in [6, 6.07) is 9.96. The van der Waals surface area contributed by atoms with Gasteiger partial charge in [0.25, 0.3) is 0 Å². The molecule has 0 bridgehead atoms. The summed E-state index contributed by atoms with van der Waals surface area (Å²) in [5.74, 6) is 0.506. The molecule has 0 radical (unpaired) electrons. The Bertz CT molecular complexity index is 967. The van der Waals surface area contributed by atoms with E-state index in [0.717, 1.165) is 38.2 Å². The van der Waals surface area contributed by atoms with Crippen molar-refractivity contribution in [2.75, 3.05) is 36.0 Å². The average molecular weight is 416 g/mol. The van der Waals surface area contributed by atoms with Gasteiger partial charge in [0.1, 0.15) is 0 Å². The standard InChI is InChI=1S/C20H19Cl2N5O/c21-15-8-14(9-16(22)10-15)18-24-19(28-25-18)26-7-1-4-20(11-26)12-27(13-20)17-2-5-23-6-3-17/h2-3,5-6,8-10H,1,4,7,11-13H2. The molecule has 2 saturated heterocycles. The van der Waals surface area contributed by atoms with E-state index in [1.54, 1.807) is 18.2 Å². The molecule has 1 aromatic carbocycles. The number of hydrogen-bond acceptors (Lipinski definition) is 6. The minimum Gasteiger partial charge on any atom is -0.370 e. The summed E-state index contributed by atoms with van der Waals surface area (Å²) in [6.07, 6.45) is 6.02. The summed E-state index contributed by atoms with van der Waals surface area (Å²) in [7, 11) is 0. The molecule has 2 aliphatic rings. The number of aromatic nitrogens is 3. The number of rotatable bonds is 3. The molecule has 2 aliphatic heterocycles. The summed E-state index contributed by atoms with van der Waals surface area (Å²) in [6.45, 7) is 3.93. The molecule has 5 rings (SSSR count). The van der Waals surface area contributed by atoms with Crippen LogP contribution >= 0.6 is 23.2 Å². The first-order valence-electron chi connectivity index (χ1n) is 9.30. The molecule has 8 heteroatoms. The topological polar surface area (TPSA) is 58.3 Å². The first-order chi connectivity index (χ1) is 13.6. The summed E-state index contributed by atoms with van der Waals surface area (Å²) in [5.41, 5.74) is 2.26. The maximum atomic E-state index is 6.09. The number of piperidine rings is 1. The van der Waals surface area contributed by atoms with Crippen molar-refractivity contribution < 1.29 is 4.52 Å². The van der Waals surface area contributed by atoms with Gasteiger partial charge in [-0.25, -0.2) is 0 Å². The van der Waals surface area contributed by atoms with E-state index < -0.39 is 0 Å². The van der Waals surface area contributed by atoms with Crippen LogP contribution < -0.4 is 9.80 Å². The van der Waals surface area contributed by atoms with Crippen molar-refractivity contribution in [3.8, 4) is 11.4 Å². The summed E-state index contributed by atoms with van der Waals surface area (Å²) < 4.78 is 5.57. The molecular formula is C20H19Cl2N5O. The third-order valence-corrected chi connectivity index (χ3v) is 5.98. The number of anilines is 2. The SMILES string of the molecule is Clc1cc(Cl)cc(-c2noc(N3CCCC4(CN(c5ccncc5)C4)C3)n2)c1. The molecule has 28 heavy (non-hydrogen) atoms. The van der Waals surface area contributed by atoms with Gasteiger partial charge < -0.3 is 14.3 Å². The lowest BCUT2D eigenvalue weighted by atomic mass is 9.73. The van der Waals surface area contributed by atoms with Crippen molar-refractivity contribution in [1.29, 1.82) is 0 Å². The minimum absolute atomic E-state index is 0.273. The van der Waals surface area contributed by atoms with Crippen molar-refractivity contribution in [3.05, 3.63) is 52.8 Å². The second-order valence-corrected chi connectivity index (χ2v) is 8.52. The largest absolute Gasteiger partial charge is 0.370 e. The second kappa shape index (κ2) is 6.94. The van der Waals surface area contributed by atoms with Gasteiger partial charge in [0.2, 0.25) is 5.82 Å². The van der Waals surface area contributed by atoms with Crippen LogP contribution in [0.1, 0.15) is 12.8 Å². The molecule has 0 atom stereocenters. The van der Waals surface area contributed by atoms with Crippen LogP contribution in [0.4, 0.5) is 11.7 Å². The molecule has 2 aromatic heterocycles. The molecule has 0 unspecified atom stereocenters. The zero-order valence-corrected chi connectivity index (χ0v) is 16.7. The van der Waals surface area contributed by atoms with E-state index in [1.165, 1.54) is 12.1 Å². The zero-order valence-electron chi connectivity index (χ0n) is 15.2. The predicted molar refractivity (Wildman–Crippen MR) is 110 cm³/mol. The van der Waals surface area contributed by atoms with Gasteiger partial charge in [0.05, 0.1) is 0 Å². The highest BCUT2D eigenvalue weighted by molar-refractivity contribution is 6.35. The lowest BCUT2D eigenvalue weighted by Crippen LogP contribution is -2.63. The van der Waals surface area contributed by atoms with E-state index in [4.69, 9.17) is 27.7 Å². The molecule has 4 heterocycles. The number of pyridine rings is 1. The lowest BCUT2D eigenvalue weighted by molar-refractivity contribution is 0.169. The fraction of sp³-hybridized carbons (Fsp3) is 0.350. The van der Waals surface area contributed by atoms with Gasteiger partial charge in [-0.05, 0) is 43.2 Å². The Morgan fingerprint density at radius 3 is 2.43 bits per heavy atom. The summed E-state index contributed by atoms with van der Waals surface area (Å²) in [5, 5.41) is 5.24. The van der Waals surface area contributed by atoms with Gasteiger partial charge in [-0.3, -0.25) is 4.98 Å². The fourth-order valence-electron chi connectivity index (χ4n) is 4.27. The van der Waals surface area contributed by atoms with Crippen LogP contribution in [-0.2, 0) is 0 Å². The van der Waals surface area contributed by atoms with Crippen LogP contribution in [0.2, 0.25) is 10.0 Å². The third-order valence-electron chi connectivity index (χ3n) is 5.55. The van der Waals surface area contributed by atoms with Crippen LogP contribution in [0.3, 0.4) is 0 Å². The van der Waals surface area contributed by atoms with E-state index in [0.29, 0.717) is 21.9 Å². The average Bonchev–Trinajstić information content (AvgIpc) is 3.16. The van der Waals surface area contributed by atoms with Crippen LogP contribution in [0.5, 0.6) is 0 Å². The zero-order chi connectivity index (χ0) is 19.1. The Balaban J connectivity index is 1.31. The van der Waals surface area contributed by atoms with E-state index in [-0.39, 0.29) is 5.41 Å². The minimum atomic E-state index is 0.273.